The fraction of sp³-hybridized carbons (Fsp3) is 0.500. The minimum atomic E-state index is -6.90. The third-order valence-electron chi connectivity index (χ3n) is 7.55. The first kappa shape index (κ1) is 62.2. The Morgan fingerprint density at radius 3 is 1.18 bits per heavy atom. The van der Waals surface area contributed by atoms with Crippen LogP contribution >= 0.6 is 39.1 Å². The van der Waals surface area contributed by atoms with Crippen LogP contribution in [0.15, 0.2) is 34.9 Å². The largest absolute Gasteiger partial charge is 1.00 e. The molecule has 0 amide bonds. The molecule has 4 unspecified atom stereocenters. The third-order valence-corrected chi connectivity index (χ3v) is 14.9. The first-order valence-electron chi connectivity index (χ1n) is 14.9. The van der Waals surface area contributed by atoms with E-state index in [0.29, 0.717) is 0 Å². The van der Waals surface area contributed by atoms with E-state index in [4.69, 9.17) is 9.47 Å². The summed E-state index contributed by atoms with van der Waals surface area (Å²) in [6, 6.07) is 0. The van der Waals surface area contributed by atoms with Crippen molar-refractivity contribution >= 4 is 61.4 Å². The number of aliphatic hydroxyl groups is 4. The van der Waals surface area contributed by atoms with Gasteiger partial charge in [0.15, 0.2) is 34.8 Å². The van der Waals surface area contributed by atoms with Crippen molar-refractivity contribution in [3.8, 4) is 0 Å². The summed E-state index contributed by atoms with van der Waals surface area (Å²) in [6.07, 6.45) is -10.4. The number of ether oxygens (including phenoxy) is 2. The molecule has 4 aromatic rings. The summed E-state index contributed by atoms with van der Waals surface area (Å²) in [5.41, 5.74) is -2.10. The summed E-state index contributed by atoms with van der Waals surface area (Å²) in [5, 5.41) is 41.4. The van der Waals surface area contributed by atoms with Gasteiger partial charge in [0, 0.05) is 0 Å². The first-order valence-corrected chi connectivity index (χ1v) is 22.2. The van der Waals surface area contributed by atoms with Gasteiger partial charge in [0.05, 0.1) is 38.5 Å². The Bertz CT molecular complexity index is 2370. The van der Waals surface area contributed by atoms with E-state index >= 15 is 0 Å². The molecule has 316 valence electrons. The fourth-order valence-electron chi connectivity index (χ4n) is 5.20. The van der Waals surface area contributed by atoms with Gasteiger partial charge in [0.25, 0.3) is 50.2 Å². The number of phosphoric ester groups is 2. The van der Waals surface area contributed by atoms with Crippen LogP contribution in [0.4, 0.5) is 0 Å². The average molecular weight is 1030 g/mol. The van der Waals surface area contributed by atoms with Gasteiger partial charge >= 0.3 is 148 Å². The van der Waals surface area contributed by atoms with Gasteiger partial charge in [0.2, 0.25) is 0 Å². The van der Waals surface area contributed by atoms with E-state index in [0.717, 1.165) is 34.4 Å². The van der Waals surface area contributed by atoms with Gasteiger partial charge in [-0.2, -0.15) is 0 Å². The van der Waals surface area contributed by atoms with Crippen LogP contribution in [0.3, 0.4) is 0 Å². The number of hydrogen-bond donors (Lipinski definition) is 6. The van der Waals surface area contributed by atoms with E-state index in [-0.39, 0.29) is 170 Å². The minimum absolute atomic E-state index is 0. The number of H-pyrrole nitrogens is 2. The molecule has 0 radical (unpaired) electrons. The van der Waals surface area contributed by atoms with Crippen molar-refractivity contribution < 1.29 is 251 Å². The van der Waals surface area contributed by atoms with Crippen LogP contribution in [0.25, 0.3) is 22.3 Å². The standard InChI is InChI=1S/C20H27N8O24P5.5Na/c29-11-7(47-19(13(11)31)27-5-25-9-15(27)21-3-23-17(9)33)1-45-53(35,36)49-55(39,40)51-57(43,44)52-56(41,42)50-54(37,38)46-2-8-12(30)14(32)20(48-8)28-6-26-10-16(28)22-4-24-18(10)34;;;;;/h3-8,11-14,19-20,29-32H,1-2H2,(H,35,36)(H,37,38)(H,39,40)(H,41,42)(H,43,44)(H,21,23,33)(H,22,24,34);;;;;/q;5*+1/p-5/t7-,8-,11-,12-,13-,14-,19-,20-;;;;;/m1...../s1. The van der Waals surface area contributed by atoms with E-state index in [1.807, 2.05) is 0 Å². The Labute approximate surface area is 454 Å². The minimum Gasteiger partial charge on any atom is -0.756 e. The molecular formula is C20H22N8Na5O24P5. The number of rotatable bonds is 16. The van der Waals surface area contributed by atoms with Gasteiger partial charge in [-0.15, -0.1) is 0 Å². The Morgan fingerprint density at radius 1 is 0.548 bits per heavy atom. The second kappa shape index (κ2) is 24.3. The van der Waals surface area contributed by atoms with E-state index < -0.39 is 113 Å². The molecule has 2 aliphatic heterocycles. The molecule has 6 heterocycles. The van der Waals surface area contributed by atoms with E-state index in [1.54, 1.807) is 0 Å². The van der Waals surface area contributed by atoms with Crippen LogP contribution in [0.2, 0.25) is 0 Å². The molecule has 0 bridgehead atoms. The number of nitrogens with one attached hydrogen (secondary N) is 2. The number of nitrogens with zero attached hydrogens (tertiary/aromatic N) is 6. The SMILES string of the molecule is O=c1[nH]cnc2c1ncn2[C@@H]1O[C@H](COP(=O)([O-])OP(=O)([O-])OP(=O)([O-])OP(=O)([O-])OP(=O)([O-])OC[C@H]2O[C@@H](n3cnc4c(=O)[nH]cnc43)[C@H](O)[C@@H]2O)[C@@H](O)[C@H]1O.[Na+].[Na+].[Na+].[Na+].[Na+]. The predicted molar refractivity (Wildman–Crippen MR) is 162 cm³/mol. The van der Waals surface area contributed by atoms with Gasteiger partial charge in [-0.05, 0) is 0 Å². The number of aliphatic hydroxyl groups excluding tert-OH is 4. The zero-order valence-electron chi connectivity index (χ0n) is 32.2. The van der Waals surface area contributed by atoms with Crippen LogP contribution in [-0.2, 0) is 58.6 Å². The van der Waals surface area contributed by atoms with Gasteiger partial charge in [-0.25, -0.2) is 37.2 Å². The quantitative estimate of drug-likeness (QED) is 0.0448. The topological polar surface area (TPSA) is 483 Å². The Balaban J connectivity index is 0.00000384. The van der Waals surface area contributed by atoms with Gasteiger partial charge in [-0.3, -0.25) is 41.5 Å². The second-order valence-electron chi connectivity index (χ2n) is 11.4. The molecule has 2 aliphatic rings. The van der Waals surface area contributed by atoms with Crippen molar-refractivity contribution in [1.29, 1.82) is 0 Å². The normalized spacial score (nSPS) is 28.3. The molecule has 12 atom stereocenters. The molecule has 6 rings (SSSR count). The first-order chi connectivity index (χ1) is 26.4. The number of aromatic amines is 2. The van der Waals surface area contributed by atoms with Crippen molar-refractivity contribution in [3.05, 3.63) is 46.0 Å². The number of imidazole rings is 2. The van der Waals surface area contributed by atoms with Crippen molar-refractivity contribution in [3.63, 3.8) is 0 Å². The maximum absolute atomic E-state index is 12.2. The summed E-state index contributed by atoms with van der Waals surface area (Å²) in [7, 11) is -33.0. The second-order valence-corrected chi connectivity index (χ2v) is 19.0. The summed E-state index contributed by atoms with van der Waals surface area (Å²) in [6.45, 7) is -2.66. The van der Waals surface area contributed by atoms with Crippen molar-refractivity contribution in [2.24, 2.45) is 0 Å². The van der Waals surface area contributed by atoms with Crippen molar-refractivity contribution in [2.45, 2.75) is 49.1 Å². The van der Waals surface area contributed by atoms with Gasteiger partial charge in [-0.1, -0.05) is 0 Å². The molecule has 0 spiro atoms. The summed E-state index contributed by atoms with van der Waals surface area (Å²) < 4.78 is 95.4. The van der Waals surface area contributed by atoms with E-state index in [2.05, 4.69) is 56.2 Å². The number of aromatic nitrogens is 8. The molecular weight excluding hydrogens is 1010 g/mol. The van der Waals surface area contributed by atoms with Crippen LogP contribution in [0, 0.1) is 0 Å². The maximum Gasteiger partial charge on any atom is 1.00 e. The Hall–Kier alpha value is 2.17. The zero-order valence-corrected chi connectivity index (χ0v) is 46.7. The maximum atomic E-state index is 12.2. The molecule has 2 fully saturated rings. The molecule has 0 aliphatic carbocycles. The Morgan fingerprint density at radius 2 is 0.855 bits per heavy atom. The number of fused-ring (bicyclic) bond motifs is 2. The smallest absolute Gasteiger partial charge is 0.756 e. The summed E-state index contributed by atoms with van der Waals surface area (Å²) in [5.74, 6) is 0. The van der Waals surface area contributed by atoms with E-state index in [9.17, 15) is 77.3 Å². The van der Waals surface area contributed by atoms with Crippen molar-refractivity contribution in [2.75, 3.05) is 13.2 Å². The summed E-state index contributed by atoms with van der Waals surface area (Å²) >= 11 is 0. The van der Waals surface area contributed by atoms with Crippen LogP contribution in [0.5, 0.6) is 0 Å². The number of hydrogen-bond acceptors (Lipinski definition) is 28. The van der Waals surface area contributed by atoms with Crippen LogP contribution in [-0.4, -0.2) is 109 Å². The van der Waals surface area contributed by atoms with E-state index in [1.165, 1.54) is 0 Å². The van der Waals surface area contributed by atoms with Crippen LogP contribution in [0.1, 0.15) is 12.5 Å². The van der Waals surface area contributed by atoms with Crippen molar-refractivity contribution in [1.82, 2.24) is 39.0 Å². The molecule has 0 aromatic carbocycles. The predicted octanol–water partition coefficient (Wildman–Crippen LogP) is -21.0. The summed E-state index contributed by atoms with van der Waals surface area (Å²) in [4.78, 5) is 104. The average Bonchev–Trinajstić information content (AvgIpc) is 3.83. The molecule has 32 nitrogen and oxygen atoms in total. The molecule has 0 saturated carbocycles. The van der Waals surface area contributed by atoms with Gasteiger partial charge < -0.3 is 73.4 Å². The molecule has 6 N–H and O–H groups in total. The molecule has 42 heteroatoms. The number of phosphoric acid groups is 5. The molecule has 2 saturated heterocycles. The Kier molecular flexibility index (Phi) is 24.4. The monoisotopic (exact) mass is 1030 g/mol. The third kappa shape index (κ3) is 15.1. The molecule has 62 heavy (non-hydrogen) atoms. The molecule has 4 aromatic heterocycles. The fourth-order valence-corrected chi connectivity index (χ4v) is 11.3. The zero-order chi connectivity index (χ0) is 41.9. The van der Waals surface area contributed by atoms with Crippen LogP contribution < -0.4 is 183 Å². The van der Waals surface area contributed by atoms with Gasteiger partial charge in [0.1, 0.15) is 36.6 Å².